The molecule has 3 heterocycles. The van der Waals surface area contributed by atoms with Gasteiger partial charge >= 0.3 is 17.8 Å². The number of benzene rings is 1. The summed E-state index contributed by atoms with van der Waals surface area (Å²) >= 11 is 1.72. The van der Waals surface area contributed by atoms with E-state index in [1.807, 2.05) is 18.2 Å². The number of fused-ring (bicyclic) bond motifs is 1. The minimum atomic E-state index is -0.677. The molecule has 0 unspecified atom stereocenters. The zero-order chi connectivity index (χ0) is 20.0. The maximum atomic E-state index is 12.8. The highest BCUT2D eigenvalue weighted by Crippen LogP contribution is 2.33. The summed E-state index contributed by atoms with van der Waals surface area (Å²) in [6.45, 7) is 1.75. The normalized spacial score (nSPS) is 24.4. The maximum absolute atomic E-state index is 12.8. The van der Waals surface area contributed by atoms with E-state index in [2.05, 4.69) is 11.0 Å². The number of hydrogen-bond acceptors (Lipinski definition) is 6. The van der Waals surface area contributed by atoms with Crippen molar-refractivity contribution in [2.24, 2.45) is 0 Å². The maximum Gasteiger partial charge on any atom is 0.335 e. The Labute approximate surface area is 173 Å². The Morgan fingerprint density at radius 2 is 1.79 bits per heavy atom. The number of urea groups is 1. The fraction of sp³-hybridized carbons (Fsp3) is 0.524. The van der Waals surface area contributed by atoms with Crippen LogP contribution in [0.15, 0.2) is 24.3 Å². The second-order valence-electron chi connectivity index (χ2n) is 8.21. The Kier molecular flexibility index (Phi) is 4.83. The second kappa shape index (κ2) is 7.50. The van der Waals surface area contributed by atoms with Crippen LogP contribution in [0.3, 0.4) is 0 Å². The monoisotopic (exact) mass is 412 g/mol. The molecule has 3 fully saturated rings. The summed E-state index contributed by atoms with van der Waals surface area (Å²) in [5, 5.41) is 1.11. The van der Waals surface area contributed by atoms with Crippen LogP contribution in [-0.4, -0.2) is 63.3 Å². The minimum Gasteiger partial charge on any atom is -0.285 e. The molecule has 0 spiro atoms. The van der Waals surface area contributed by atoms with Crippen molar-refractivity contribution < 1.29 is 14.4 Å². The van der Waals surface area contributed by atoms with Gasteiger partial charge in [0, 0.05) is 18.5 Å². The average Bonchev–Trinajstić information content (AvgIpc) is 3.45. The highest BCUT2D eigenvalue weighted by atomic mass is 32.1. The summed E-state index contributed by atoms with van der Waals surface area (Å²) in [4.78, 5) is 47.0. The number of piperidine rings is 1. The van der Waals surface area contributed by atoms with Gasteiger partial charge < -0.3 is 0 Å². The predicted octanol–water partition coefficient (Wildman–Crippen LogP) is 3.17. The largest absolute Gasteiger partial charge is 0.335 e. The zero-order valence-corrected chi connectivity index (χ0v) is 17.1. The first-order valence-electron chi connectivity index (χ1n) is 10.4. The van der Waals surface area contributed by atoms with Gasteiger partial charge in [0.05, 0.1) is 21.9 Å². The number of thiazole rings is 1. The second-order valence-corrected chi connectivity index (χ2v) is 9.27. The van der Waals surface area contributed by atoms with E-state index >= 15 is 0 Å². The third-order valence-corrected chi connectivity index (χ3v) is 7.48. The number of aromatic nitrogens is 1. The molecule has 5 rings (SSSR count). The molecule has 1 atom stereocenters. The van der Waals surface area contributed by atoms with Gasteiger partial charge in [0.25, 0.3) is 0 Å². The molecule has 2 aliphatic heterocycles. The lowest BCUT2D eigenvalue weighted by molar-refractivity contribution is -0.144. The quantitative estimate of drug-likeness (QED) is 0.570. The molecule has 8 heteroatoms. The van der Waals surface area contributed by atoms with Crippen molar-refractivity contribution in [3.05, 3.63) is 29.3 Å². The van der Waals surface area contributed by atoms with Gasteiger partial charge in [0.1, 0.15) is 0 Å². The van der Waals surface area contributed by atoms with E-state index in [1.54, 1.807) is 11.3 Å². The summed E-state index contributed by atoms with van der Waals surface area (Å²) < 4.78 is 1.18. The molecule has 0 radical (unpaired) electrons. The van der Waals surface area contributed by atoms with Gasteiger partial charge in [-0.1, -0.05) is 25.0 Å². The van der Waals surface area contributed by atoms with Crippen LogP contribution in [0, 0.1) is 0 Å². The van der Waals surface area contributed by atoms with Crippen molar-refractivity contribution in [3.63, 3.8) is 0 Å². The minimum absolute atomic E-state index is 0.110. The smallest absolute Gasteiger partial charge is 0.285 e. The molecular weight excluding hydrogens is 388 g/mol. The molecule has 29 heavy (non-hydrogen) atoms. The molecule has 2 aromatic rings. The lowest BCUT2D eigenvalue weighted by Crippen LogP contribution is -2.46. The molecule has 1 aromatic carbocycles. The first-order valence-corrected chi connectivity index (χ1v) is 11.2. The van der Waals surface area contributed by atoms with Crippen LogP contribution >= 0.6 is 11.3 Å². The molecule has 1 aromatic heterocycles. The molecule has 0 N–H and O–H groups in total. The molecule has 0 bridgehead atoms. The van der Waals surface area contributed by atoms with E-state index < -0.39 is 17.8 Å². The molecule has 2 saturated heterocycles. The van der Waals surface area contributed by atoms with Gasteiger partial charge in [-0.2, -0.15) is 0 Å². The average molecular weight is 413 g/mol. The highest BCUT2D eigenvalue weighted by molar-refractivity contribution is 7.18. The molecule has 7 nitrogen and oxygen atoms in total. The van der Waals surface area contributed by atoms with E-state index in [-0.39, 0.29) is 18.6 Å². The predicted molar refractivity (Wildman–Crippen MR) is 109 cm³/mol. The van der Waals surface area contributed by atoms with Crippen LogP contribution in [0.2, 0.25) is 0 Å². The summed E-state index contributed by atoms with van der Waals surface area (Å²) in [5.41, 5.74) is 1.02. The van der Waals surface area contributed by atoms with Crippen molar-refractivity contribution in [1.82, 2.24) is 19.7 Å². The summed E-state index contributed by atoms with van der Waals surface area (Å²) in [6.07, 6.45) is 5.66. The van der Waals surface area contributed by atoms with Crippen LogP contribution in [0.4, 0.5) is 4.79 Å². The first-order chi connectivity index (χ1) is 14.1. The van der Waals surface area contributed by atoms with Crippen molar-refractivity contribution in [3.8, 4) is 0 Å². The fourth-order valence-electron chi connectivity index (χ4n) is 4.78. The molecule has 1 aliphatic carbocycles. The van der Waals surface area contributed by atoms with E-state index in [1.165, 1.54) is 9.60 Å². The Morgan fingerprint density at radius 3 is 2.59 bits per heavy atom. The number of carbonyl (C=O) groups excluding carboxylic acids is 3. The van der Waals surface area contributed by atoms with Gasteiger partial charge in [0.15, 0.2) is 0 Å². The molecular formula is C21H24N4O3S. The van der Waals surface area contributed by atoms with E-state index in [9.17, 15) is 14.4 Å². The van der Waals surface area contributed by atoms with E-state index in [0.717, 1.165) is 67.0 Å². The summed E-state index contributed by atoms with van der Waals surface area (Å²) in [6, 6.07) is 7.59. The Balaban J connectivity index is 1.29. The molecule has 4 amide bonds. The van der Waals surface area contributed by atoms with Gasteiger partial charge in [-0.15, -0.1) is 11.3 Å². The van der Waals surface area contributed by atoms with Crippen molar-refractivity contribution >= 4 is 39.4 Å². The van der Waals surface area contributed by atoms with Crippen molar-refractivity contribution in [2.75, 3.05) is 19.8 Å². The summed E-state index contributed by atoms with van der Waals surface area (Å²) in [7, 11) is 0. The van der Waals surface area contributed by atoms with E-state index in [4.69, 9.17) is 4.98 Å². The van der Waals surface area contributed by atoms with Gasteiger partial charge in [-0.3, -0.25) is 19.4 Å². The standard InChI is InChI=1S/C21H24N4O3S/c26-19-20(27)25(15-7-1-2-8-15)21(28)24(19)13-23-11-5-6-14(12-23)18-22-16-9-3-4-10-17(16)29-18/h3-4,9-10,14-15H,1-2,5-8,11-13H2/t14-/m0/s1. The number of hydrogen-bond donors (Lipinski definition) is 0. The number of imide groups is 2. The third-order valence-electron chi connectivity index (χ3n) is 6.28. The van der Waals surface area contributed by atoms with Crippen LogP contribution in [-0.2, 0) is 9.59 Å². The van der Waals surface area contributed by atoms with Gasteiger partial charge in [-0.25, -0.2) is 14.7 Å². The molecule has 152 valence electrons. The zero-order valence-electron chi connectivity index (χ0n) is 16.2. The number of carbonyl (C=O) groups is 3. The lowest BCUT2D eigenvalue weighted by atomic mass is 9.99. The lowest BCUT2D eigenvalue weighted by Gasteiger charge is -2.33. The van der Waals surface area contributed by atoms with Crippen molar-refractivity contribution in [1.29, 1.82) is 0 Å². The van der Waals surface area contributed by atoms with Crippen LogP contribution in [0.5, 0.6) is 0 Å². The highest BCUT2D eigenvalue weighted by Gasteiger charge is 2.48. The number of para-hydroxylation sites is 1. The van der Waals surface area contributed by atoms with Crippen LogP contribution < -0.4 is 0 Å². The van der Waals surface area contributed by atoms with Crippen molar-refractivity contribution in [2.45, 2.75) is 50.5 Å². The first kappa shape index (κ1) is 18.7. The van der Waals surface area contributed by atoms with Gasteiger partial charge in [-0.05, 0) is 44.4 Å². The summed E-state index contributed by atoms with van der Waals surface area (Å²) in [5.74, 6) is -1.04. The van der Waals surface area contributed by atoms with Crippen LogP contribution in [0.25, 0.3) is 10.2 Å². The molecule has 1 saturated carbocycles. The molecule has 3 aliphatic rings. The van der Waals surface area contributed by atoms with Crippen LogP contribution in [0.1, 0.15) is 49.5 Å². The Hall–Kier alpha value is -2.32. The topological polar surface area (TPSA) is 73.8 Å². The Morgan fingerprint density at radius 1 is 1.00 bits per heavy atom. The number of amides is 4. The van der Waals surface area contributed by atoms with Gasteiger partial charge in [0.2, 0.25) is 0 Å². The number of likely N-dealkylation sites (tertiary alicyclic amines) is 1. The number of nitrogens with zero attached hydrogens (tertiary/aromatic N) is 4. The van der Waals surface area contributed by atoms with E-state index in [0.29, 0.717) is 0 Å². The SMILES string of the molecule is O=C1C(=O)N(C2CCCC2)C(=O)N1CN1CCC[C@H](c2nc3ccccc3s2)C1. The Bertz CT molecular complexity index is 935. The third kappa shape index (κ3) is 3.34. The number of rotatable bonds is 4. The fourth-order valence-corrected chi connectivity index (χ4v) is 5.87.